The van der Waals surface area contributed by atoms with Crippen LogP contribution in [0.1, 0.15) is 30.0 Å². The molecule has 0 saturated heterocycles. The Morgan fingerprint density at radius 3 is 2.59 bits per heavy atom. The second-order valence-electron chi connectivity index (χ2n) is 5.89. The highest BCUT2D eigenvalue weighted by atomic mass is 35.5. The molecule has 0 N–H and O–H groups in total. The zero-order valence-electron chi connectivity index (χ0n) is 14.6. The minimum atomic E-state index is -0.686. The molecule has 0 aliphatic rings. The SMILES string of the molecule is Cc1ccc(-c2nnc([C@H](C)OC(=O)/C=C/c3ccc(Cl)cc3Cl)o2)cc1. The Kier molecular flexibility index (Phi) is 5.94. The van der Waals surface area contributed by atoms with Gasteiger partial charge in [-0.25, -0.2) is 4.79 Å². The molecule has 5 nitrogen and oxygen atoms in total. The van der Waals surface area contributed by atoms with Gasteiger partial charge in [0.1, 0.15) is 0 Å². The van der Waals surface area contributed by atoms with E-state index < -0.39 is 12.1 Å². The molecule has 2 aromatic carbocycles. The van der Waals surface area contributed by atoms with Gasteiger partial charge in [0.05, 0.1) is 0 Å². The van der Waals surface area contributed by atoms with Crippen LogP contribution < -0.4 is 0 Å². The van der Waals surface area contributed by atoms with Crippen LogP contribution in [0.5, 0.6) is 0 Å². The average molecular weight is 403 g/mol. The molecule has 27 heavy (non-hydrogen) atoms. The van der Waals surface area contributed by atoms with Crippen molar-refractivity contribution in [3.05, 3.63) is 75.6 Å². The number of esters is 1. The third-order valence-electron chi connectivity index (χ3n) is 3.74. The van der Waals surface area contributed by atoms with Gasteiger partial charge in [0.15, 0.2) is 6.10 Å². The van der Waals surface area contributed by atoms with E-state index in [1.54, 1.807) is 31.2 Å². The number of hydrogen-bond acceptors (Lipinski definition) is 5. The van der Waals surface area contributed by atoms with Gasteiger partial charge >= 0.3 is 5.97 Å². The molecule has 0 unspecified atom stereocenters. The monoisotopic (exact) mass is 402 g/mol. The first-order chi connectivity index (χ1) is 12.9. The van der Waals surface area contributed by atoms with E-state index in [4.69, 9.17) is 32.4 Å². The van der Waals surface area contributed by atoms with E-state index in [1.807, 2.05) is 31.2 Å². The van der Waals surface area contributed by atoms with Gasteiger partial charge in [-0.15, -0.1) is 10.2 Å². The van der Waals surface area contributed by atoms with E-state index >= 15 is 0 Å². The predicted molar refractivity (Wildman–Crippen MR) is 104 cm³/mol. The Morgan fingerprint density at radius 2 is 1.89 bits per heavy atom. The summed E-state index contributed by atoms with van der Waals surface area (Å²) in [6.07, 6.45) is 2.15. The molecule has 1 atom stereocenters. The molecule has 3 rings (SSSR count). The largest absolute Gasteiger partial charge is 0.449 e. The summed E-state index contributed by atoms with van der Waals surface area (Å²) in [4.78, 5) is 12.0. The van der Waals surface area contributed by atoms with Crippen molar-refractivity contribution < 1.29 is 13.9 Å². The van der Waals surface area contributed by atoms with Crippen molar-refractivity contribution in [2.75, 3.05) is 0 Å². The molecule has 0 aliphatic heterocycles. The summed E-state index contributed by atoms with van der Waals surface area (Å²) in [5.41, 5.74) is 2.59. The lowest BCUT2D eigenvalue weighted by Crippen LogP contribution is -2.06. The van der Waals surface area contributed by atoms with Crippen LogP contribution in [-0.4, -0.2) is 16.2 Å². The number of aromatic nitrogens is 2. The number of nitrogens with zero attached hydrogens (tertiary/aromatic N) is 2. The Labute approximate surface area is 166 Å². The Balaban J connectivity index is 1.64. The normalized spacial score (nSPS) is 12.3. The first-order valence-electron chi connectivity index (χ1n) is 8.16. The van der Waals surface area contributed by atoms with Crippen molar-refractivity contribution in [2.24, 2.45) is 0 Å². The van der Waals surface area contributed by atoms with Crippen molar-refractivity contribution >= 4 is 35.2 Å². The van der Waals surface area contributed by atoms with Crippen molar-refractivity contribution in [3.63, 3.8) is 0 Å². The van der Waals surface area contributed by atoms with Crippen molar-refractivity contribution in [1.29, 1.82) is 0 Å². The minimum Gasteiger partial charge on any atom is -0.449 e. The number of rotatable bonds is 5. The van der Waals surface area contributed by atoms with Gasteiger partial charge in [0.2, 0.25) is 5.89 Å². The molecule has 0 fully saturated rings. The van der Waals surface area contributed by atoms with Crippen LogP contribution in [0, 0.1) is 6.92 Å². The summed E-state index contributed by atoms with van der Waals surface area (Å²) < 4.78 is 10.9. The molecule has 0 aliphatic carbocycles. The Bertz CT molecular complexity index is 981. The number of ether oxygens (including phenoxy) is 1. The standard InChI is InChI=1S/C20H16Cl2N2O3/c1-12-3-5-15(6-4-12)20-24-23-19(27-20)13(2)26-18(25)10-8-14-7-9-16(21)11-17(14)22/h3-11,13H,1-2H3/b10-8+/t13-/m0/s1. The lowest BCUT2D eigenvalue weighted by Gasteiger charge is -2.07. The number of halogens is 2. The molecule has 138 valence electrons. The number of hydrogen-bond donors (Lipinski definition) is 0. The van der Waals surface area contributed by atoms with Crippen LogP contribution in [0.4, 0.5) is 0 Å². The Morgan fingerprint density at radius 1 is 1.15 bits per heavy atom. The number of benzene rings is 2. The van der Waals surface area contributed by atoms with E-state index in [-0.39, 0.29) is 5.89 Å². The highest BCUT2D eigenvalue weighted by Crippen LogP contribution is 2.24. The van der Waals surface area contributed by atoms with Crippen LogP contribution in [0.3, 0.4) is 0 Å². The van der Waals surface area contributed by atoms with E-state index in [1.165, 1.54) is 6.08 Å². The van der Waals surface area contributed by atoms with E-state index in [2.05, 4.69) is 10.2 Å². The maximum atomic E-state index is 12.0. The lowest BCUT2D eigenvalue weighted by atomic mass is 10.1. The zero-order valence-corrected chi connectivity index (χ0v) is 16.2. The van der Waals surface area contributed by atoms with Gasteiger partial charge in [0.25, 0.3) is 5.89 Å². The van der Waals surface area contributed by atoms with Crippen molar-refractivity contribution in [2.45, 2.75) is 20.0 Å². The minimum absolute atomic E-state index is 0.219. The molecule has 0 bridgehead atoms. The van der Waals surface area contributed by atoms with Crippen molar-refractivity contribution in [3.8, 4) is 11.5 Å². The van der Waals surface area contributed by atoms with E-state index in [9.17, 15) is 4.79 Å². The topological polar surface area (TPSA) is 65.2 Å². The van der Waals surface area contributed by atoms with Gasteiger partial charge in [-0.05, 0) is 49.8 Å². The van der Waals surface area contributed by atoms with Crippen LogP contribution >= 0.6 is 23.2 Å². The molecule has 0 saturated carbocycles. The number of carbonyl (C=O) groups is 1. The second kappa shape index (κ2) is 8.37. The third kappa shape index (κ3) is 4.96. The van der Waals surface area contributed by atoms with E-state index in [0.29, 0.717) is 21.5 Å². The summed E-state index contributed by atoms with van der Waals surface area (Å²) in [5, 5.41) is 8.92. The first kappa shape index (κ1) is 19.1. The second-order valence-corrected chi connectivity index (χ2v) is 6.73. The molecule has 3 aromatic rings. The molecule has 0 radical (unpaired) electrons. The number of carbonyl (C=O) groups excluding carboxylic acids is 1. The maximum absolute atomic E-state index is 12.0. The van der Waals surface area contributed by atoms with Crippen LogP contribution in [0.15, 0.2) is 53.0 Å². The molecule has 0 amide bonds. The van der Waals surface area contributed by atoms with Gasteiger partial charge in [-0.2, -0.15) is 0 Å². The fraction of sp³-hybridized carbons (Fsp3) is 0.150. The summed E-state index contributed by atoms with van der Waals surface area (Å²) in [7, 11) is 0. The highest BCUT2D eigenvalue weighted by molar-refractivity contribution is 6.35. The van der Waals surface area contributed by atoms with Crippen LogP contribution in [0.25, 0.3) is 17.5 Å². The highest BCUT2D eigenvalue weighted by Gasteiger charge is 2.18. The van der Waals surface area contributed by atoms with Crippen LogP contribution in [0.2, 0.25) is 10.0 Å². The molecule has 1 heterocycles. The van der Waals surface area contributed by atoms with Crippen molar-refractivity contribution in [1.82, 2.24) is 10.2 Å². The zero-order chi connectivity index (χ0) is 19.4. The van der Waals surface area contributed by atoms with Gasteiger partial charge in [-0.3, -0.25) is 0 Å². The molecular weight excluding hydrogens is 387 g/mol. The lowest BCUT2D eigenvalue weighted by molar-refractivity contribution is -0.143. The quantitative estimate of drug-likeness (QED) is 0.406. The van der Waals surface area contributed by atoms with Gasteiger partial charge in [0, 0.05) is 21.7 Å². The molecule has 0 spiro atoms. The number of aryl methyl sites for hydroxylation is 1. The molecule has 7 heteroatoms. The maximum Gasteiger partial charge on any atom is 0.331 e. The summed E-state index contributed by atoms with van der Waals surface area (Å²) in [6.45, 7) is 3.66. The summed E-state index contributed by atoms with van der Waals surface area (Å²) >= 11 is 11.9. The molecule has 1 aromatic heterocycles. The van der Waals surface area contributed by atoms with Gasteiger partial charge in [-0.1, -0.05) is 47.0 Å². The van der Waals surface area contributed by atoms with E-state index in [0.717, 1.165) is 11.1 Å². The smallest absolute Gasteiger partial charge is 0.331 e. The summed E-state index contributed by atoms with van der Waals surface area (Å²) in [5.74, 6) is 0.0387. The Hall–Kier alpha value is -2.63. The average Bonchev–Trinajstić information content (AvgIpc) is 3.12. The molecular formula is C20H16Cl2N2O3. The third-order valence-corrected chi connectivity index (χ3v) is 4.30. The first-order valence-corrected chi connectivity index (χ1v) is 8.92. The van der Waals surface area contributed by atoms with Gasteiger partial charge < -0.3 is 9.15 Å². The summed E-state index contributed by atoms with van der Waals surface area (Å²) in [6, 6.07) is 12.7. The predicted octanol–water partition coefficient (Wildman–Crippen LogP) is 5.67. The fourth-order valence-electron chi connectivity index (χ4n) is 2.27. The van der Waals surface area contributed by atoms with Crippen LogP contribution in [-0.2, 0) is 9.53 Å². The fourth-order valence-corrected chi connectivity index (χ4v) is 2.74.